The second-order valence-electron chi connectivity index (χ2n) is 6.61. The number of ether oxygens (including phenoxy) is 2. The van der Waals surface area contributed by atoms with Gasteiger partial charge in [0.1, 0.15) is 5.75 Å². The number of amides is 1. The first-order valence-electron chi connectivity index (χ1n) is 9.45. The third-order valence-electron chi connectivity index (χ3n) is 4.63. The summed E-state index contributed by atoms with van der Waals surface area (Å²) in [5, 5.41) is 0. The van der Waals surface area contributed by atoms with E-state index in [1.165, 1.54) is 0 Å². The molecule has 0 saturated carbocycles. The molecular weight excluding hydrogens is 342 g/mol. The summed E-state index contributed by atoms with van der Waals surface area (Å²) in [5.74, 6) is -0.0598. The third-order valence-corrected chi connectivity index (χ3v) is 4.63. The Morgan fingerprint density at radius 3 is 2.22 bits per heavy atom. The number of para-hydroxylation sites is 1. The van der Waals surface area contributed by atoms with Crippen LogP contribution in [0.4, 0.5) is 0 Å². The van der Waals surface area contributed by atoms with Crippen LogP contribution in [-0.4, -0.2) is 43.1 Å². The van der Waals surface area contributed by atoms with Crippen molar-refractivity contribution >= 4 is 11.9 Å². The smallest absolute Gasteiger partial charge is 0.344 e. The van der Waals surface area contributed by atoms with Crippen molar-refractivity contribution < 1.29 is 19.1 Å². The summed E-state index contributed by atoms with van der Waals surface area (Å²) < 4.78 is 10.8. The Hall–Kier alpha value is -2.82. The molecule has 1 heterocycles. The van der Waals surface area contributed by atoms with Crippen molar-refractivity contribution in [1.82, 2.24) is 4.90 Å². The van der Waals surface area contributed by atoms with Crippen LogP contribution in [0.1, 0.15) is 25.7 Å². The normalized spacial score (nSPS) is 14.3. The highest BCUT2D eigenvalue weighted by Gasteiger charge is 2.17. The third kappa shape index (κ3) is 5.58. The minimum absolute atomic E-state index is 0.130. The molecule has 5 heteroatoms. The number of hydrogen-bond acceptors (Lipinski definition) is 4. The summed E-state index contributed by atoms with van der Waals surface area (Å²) in [5.41, 5.74) is 1.92. The Kier molecular flexibility index (Phi) is 6.85. The molecule has 27 heavy (non-hydrogen) atoms. The lowest BCUT2D eigenvalue weighted by atomic mass is 10.1. The maximum Gasteiger partial charge on any atom is 0.344 e. The van der Waals surface area contributed by atoms with E-state index in [1.54, 1.807) is 4.90 Å². The molecular formula is C22H25NO4. The maximum absolute atomic E-state index is 12.2. The zero-order chi connectivity index (χ0) is 18.9. The van der Waals surface area contributed by atoms with Crippen LogP contribution in [-0.2, 0) is 14.3 Å². The maximum atomic E-state index is 12.2. The summed E-state index contributed by atoms with van der Waals surface area (Å²) in [6.07, 6.45) is 4.33. The lowest BCUT2D eigenvalue weighted by molar-refractivity contribution is -0.153. The number of carbonyl (C=O) groups is 2. The van der Waals surface area contributed by atoms with Gasteiger partial charge in [-0.25, -0.2) is 4.79 Å². The average Bonchev–Trinajstić information content (AvgIpc) is 3.01. The highest BCUT2D eigenvalue weighted by Crippen LogP contribution is 2.29. The Morgan fingerprint density at radius 2 is 1.48 bits per heavy atom. The topological polar surface area (TPSA) is 55.8 Å². The van der Waals surface area contributed by atoms with Crippen LogP contribution in [0.5, 0.6) is 5.75 Å². The zero-order valence-corrected chi connectivity index (χ0v) is 15.4. The zero-order valence-electron chi connectivity index (χ0n) is 15.4. The minimum Gasteiger partial charge on any atom is -0.481 e. The summed E-state index contributed by atoms with van der Waals surface area (Å²) in [4.78, 5) is 26.0. The van der Waals surface area contributed by atoms with Crippen molar-refractivity contribution in [2.24, 2.45) is 0 Å². The van der Waals surface area contributed by atoms with Gasteiger partial charge in [0.25, 0.3) is 5.91 Å². The summed E-state index contributed by atoms with van der Waals surface area (Å²) in [6.45, 7) is 1.05. The van der Waals surface area contributed by atoms with Crippen LogP contribution in [0.3, 0.4) is 0 Å². The molecule has 0 aromatic heterocycles. The van der Waals surface area contributed by atoms with Crippen LogP contribution in [0, 0.1) is 0 Å². The molecule has 0 atom stereocenters. The van der Waals surface area contributed by atoms with Crippen molar-refractivity contribution in [3.8, 4) is 16.9 Å². The van der Waals surface area contributed by atoms with E-state index in [-0.39, 0.29) is 19.1 Å². The van der Waals surface area contributed by atoms with Gasteiger partial charge >= 0.3 is 5.97 Å². The molecule has 142 valence electrons. The molecule has 2 aromatic carbocycles. The summed E-state index contributed by atoms with van der Waals surface area (Å²) in [7, 11) is 0. The quantitative estimate of drug-likeness (QED) is 0.731. The Morgan fingerprint density at radius 1 is 0.815 bits per heavy atom. The number of rotatable bonds is 6. The summed E-state index contributed by atoms with van der Waals surface area (Å²) in [6, 6.07) is 17.4. The molecule has 5 nitrogen and oxygen atoms in total. The van der Waals surface area contributed by atoms with E-state index in [9.17, 15) is 9.59 Å². The van der Waals surface area contributed by atoms with Crippen LogP contribution in [0.25, 0.3) is 11.1 Å². The second-order valence-corrected chi connectivity index (χ2v) is 6.61. The predicted octanol–water partition coefficient (Wildman–Crippen LogP) is 3.68. The fourth-order valence-corrected chi connectivity index (χ4v) is 3.18. The Bertz CT molecular complexity index is 752. The molecule has 1 saturated heterocycles. The molecule has 0 bridgehead atoms. The SMILES string of the molecule is O=C(COc1ccccc1-c1ccccc1)OCC(=O)N1CCCCCC1. The van der Waals surface area contributed by atoms with Gasteiger partial charge in [0.2, 0.25) is 0 Å². The first kappa shape index (κ1) is 19.0. The highest BCUT2D eigenvalue weighted by atomic mass is 16.6. The van der Waals surface area contributed by atoms with Crippen molar-refractivity contribution in [1.29, 1.82) is 0 Å². The first-order chi connectivity index (χ1) is 13.2. The number of likely N-dealkylation sites (tertiary alicyclic amines) is 1. The van der Waals surface area contributed by atoms with Gasteiger partial charge in [0.15, 0.2) is 13.2 Å². The molecule has 2 aromatic rings. The number of carbonyl (C=O) groups excluding carboxylic acids is 2. The summed E-state index contributed by atoms with van der Waals surface area (Å²) >= 11 is 0. The molecule has 1 fully saturated rings. The van der Waals surface area contributed by atoms with Gasteiger partial charge in [-0.3, -0.25) is 4.79 Å². The van der Waals surface area contributed by atoms with E-state index in [0.717, 1.165) is 49.9 Å². The number of hydrogen-bond donors (Lipinski definition) is 0. The molecule has 0 aliphatic carbocycles. The van der Waals surface area contributed by atoms with Crippen molar-refractivity contribution in [2.45, 2.75) is 25.7 Å². The molecule has 1 aliphatic heterocycles. The van der Waals surface area contributed by atoms with E-state index in [4.69, 9.17) is 9.47 Å². The molecule has 1 amide bonds. The van der Waals surface area contributed by atoms with E-state index in [2.05, 4.69) is 0 Å². The van der Waals surface area contributed by atoms with Gasteiger partial charge < -0.3 is 14.4 Å². The van der Waals surface area contributed by atoms with Gasteiger partial charge in [-0.05, 0) is 24.5 Å². The van der Waals surface area contributed by atoms with Gasteiger partial charge in [-0.15, -0.1) is 0 Å². The second kappa shape index (κ2) is 9.76. The Balaban J connectivity index is 1.50. The van der Waals surface area contributed by atoms with Crippen molar-refractivity contribution in [3.63, 3.8) is 0 Å². The number of nitrogens with zero attached hydrogens (tertiary/aromatic N) is 1. The van der Waals surface area contributed by atoms with Gasteiger partial charge in [-0.1, -0.05) is 61.4 Å². The van der Waals surface area contributed by atoms with Crippen molar-refractivity contribution in [3.05, 3.63) is 54.6 Å². The van der Waals surface area contributed by atoms with E-state index in [0.29, 0.717) is 5.75 Å². The van der Waals surface area contributed by atoms with E-state index < -0.39 is 5.97 Å². The molecule has 3 rings (SSSR count). The predicted molar refractivity (Wildman–Crippen MR) is 103 cm³/mol. The van der Waals surface area contributed by atoms with Crippen molar-refractivity contribution in [2.75, 3.05) is 26.3 Å². The number of benzene rings is 2. The van der Waals surface area contributed by atoms with Crippen LogP contribution < -0.4 is 4.74 Å². The minimum atomic E-state index is -0.541. The molecule has 0 radical (unpaired) electrons. The molecule has 0 N–H and O–H groups in total. The Labute approximate surface area is 159 Å². The van der Waals surface area contributed by atoms with Crippen LogP contribution in [0.2, 0.25) is 0 Å². The van der Waals surface area contributed by atoms with Gasteiger partial charge in [0, 0.05) is 18.7 Å². The van der Waals surface area contributed by atoms with E-state index >= 15 is 0 Å². The first-order valence-corrected chi connectivity index (χ1v) is 9.45. The van der Waals surface area contributed by atoms with Crippen LogP contribution in [0.15, 0.2) is 54.6 Å². The monoisotopic (exact) mass is 367 g/mol. The standard InChI is InChI=1S/C22H25NO4/c24-21(23-14-8-1-2-9-15-23)16-27-22(25)17-26-20-13-7-6-12-19(20)18-10-4-3-5-11-18/h3-7,10-13H,1-2,8-9,14-17H2. The molecule has 1 aliphatic rings. The van der Waals surface area contributed by atoms with Crippen LogP contribution >= 0.6 is 0 Å². The molecule has 0 unspecified atom stereocenters. The molecule has 0 spiro atoms. The number of esters is 1. The fraction of sp³-hybridized carbons (Fsp3) is 0.364. The average molecular weight is 367 g/mol. The fourth-order valence-electron chi connectivity index (χ4n) is 3.18. The van der Waals surface area contributed by atoms with Gasteiger partial charge in [0.05, 0.1) is 0 Å². The van der Waals surface area contributed by atoms with Gasteiger partial charge in [-0.2, -0.15) is 0 Å². The largest absolute Gasteiger partial charge is 0.481 e. The van der Waals surface area contributed by atoms with E-state index in [1.807, 2.05) is 54.6 Å². The highest BCUT2D eigenvalue weighted by molar-refractivity contribution is 5.81. The lowest BCUT2D eigenvalue weighted by Gasteiger charge is -2.20. The lowest BCUT2D eigenvalue weighted by Crippen LogP contribution is -2.35.